The van der Waals surface area contributed by atoms with Crippen LogP contribution in [0.1, 0.15) is 28.2 Å². The second kappa shape index (κ2) is 8.32. The number of halogens is 1. The van der Waals surface area contributed by atoms with E-state index in [0.717, 1.165) is 5.52 Å². The average molecular weight is 465 g/mol. The van der Waals surface area contributed by atoms with Gasteiger partial charge in [-0.3, -0.25) is 9.10 Å². The third kappa shape index (κ3) is 4.31. The first-order valence-electron chi connectivity index (χ1n) is 10.5. The molecule has 2 heterocycles. The molecule has 1 amide bonds. The Bertz CT molecular complexity index is 1470. The molecule has 1 fully saturated rings. The molecule has 0 bridgehead atoms. The number of rotatable bonds is 5. The van der Waals surface area contributed by atoms with E-state index in [1.54, 1.807) is 60.7 Å². The Kier molecular flexibility index (Phi) is 5.33. The number of nitrogens with one attached hydrogen (secondary N) is 2. The van der Waals surface area contributed by atoms with E-state index in [9.17, 15) is 17.6 Å². The van der Waals surface area contributed by atoms with E-state index in [1.807, 2.05) is 0 Å². The second-order valence-electron chi connectivity index (χ2n) is 7.93. The summed E-state index contributed by atoms with van der Waals surface area (Å²) in [6, 6.07) is 18.4. The fraction of sp³-hybridized carbons (Fsp3) is 0.167. The zero-order chi connectivity index (χ0) is 23.0. The number of imidazole rings is 1. The van der Waals surface area contributed by atoms with E-state index >= 15 is 0 Å². The zero-order valence-electron chi connectivity index (χ0n) is 17.6. The van der Waals surface area contributed by atoms with Crippen molar-refractivity contribution < 1.29 is 17.6 Å². The minimum atomic E-state index is -3.32. The Labute approximate surface area is 190 Å². The molecule has 0 atom stereocenters. The number of carbonyl (C=O) groups is 1. The van der Waals surface area contributed by atoms with Gasteiger partial charge in [0.05, 0.1) is 22.5 Å². The van der Waals surface area contributed by atoms with Crippen molar-refractivity contribution in [2.45, 2.75) is 12.8 Å². The molecule has 1 aliphatic heterocycles. The van der Waals surface area contributed by atoms with Crippen LogP contribution in [0.5, 0.6) is 0 Å². The third-order valence-electron chi connectivity index (χ3n) is 5.60. The van der Waals surface area contributed by atoms with E-state index in [0.29, 0.717) is 53.2 Å². The van der Waals surface area contributed by atoms with Crippen molar-refractivity contribution >= 4 is 38.3 Å². The van der Waals surface area contributed by atoms with E-state index in [4.69, 9.17) is 0 Å². The molecule has 0 spiro atoms. The molecule has 0 unspecified atom stereocenters. The molecule has 1 aliphatic rings. The summed E-state index contributed by atoms with van der Waals surface area (Å²) in [7, 11) is -3.32. The van der Waals surface area contributed by atoms with Crippen LogP contribution in [0.2, 0.25) is 0 Å². The number of sulfonamides is 1. The predicted octanol–water partition coefficient (Wildman–Crippen LogP) is 4.09. The lowest BCUT2D eigenvalue weighted by Crippen LogP contribution is -2.25. The van der Waals surface area contributed by atoms with Gasteiger partial charge in [0, 0.05) is 24.2 Å². The van der Waals surface area contributed by atoms with Crippen LogP contribution < -0.4 is 9.62 Å². The van der Waals surface area contributed by atoms with Crippen LogP contribution in [0, 0.1) is 5.82 Å². The second-order valence-corrected chi connectivity index (χ2v) is 9.94. The number of hydrogen-bond acceptors (Lipinski definition) is 4. The highest BCUT2D eigenvalue weighted by Crippen LogP contribution is 2.25. The van der Waals surface area contributed by atoms with Crippen molar-refractivity contribution in [2.24, 2.45) is 0 Å². The van der Waals surface area contributed by atoms with Gasteiger partial charge in [0.2, 0.25) is 10.0 Å². The van der Waals surface area contributed by atoms with Gasteiger partial charge < -0.3 is 10.3 Å². The number of aromatic amines is 1. The number of hydrogen-bond donors (Lipinski definition) is 2. The van der Waals surface area contributed by atoms with Crippen LogP contribution in [-0.4, -0.2) is 36.6 Å². The number of H-pyrrole nitrogens is 1. The van der Waals surface area contributed by atoms with E-state index in [2.05, 4.69) is 15.3 Å². The molecule has 4 aromatic rings. The Morgan fingerprint density at radius 2 is 1.94 bits per heavy atom. The average Bonchev–Trinajstić information content (AvgIpc) is 3.36. The first-order valence-corrected chi connectivity index (χ1v) is 12.1. The van der Waals surface area contributed by atoms with Gasteiger partial charge in [-0.1, -0.05) is 24.3 Å². The van der Waals surface area contributed by atoms with Crippen molar-refractivity contribution in [3.05, 3.63) is 89.5 Å². The summed E-state index contributed by atoms with van der Waals surface area (Å²) in [5, 5.41) is 2.84. The topological polar surface area (TPSA) is 95.2 Å². The molecule has 0 aliphatic carbocycles. The van der Waals surface area contributed by atoms with E-state index in [-0.39, 0.29) is 17.5 Å². The summed E-state index contributed by atoms with van der Waals surface area (Å²) in [6.45, 7) is 0.416. The first kappa shape index (κ1) is 21.1. The minimum Gasteiger partial charge on any atom is -0.342 e. The molecular weight excluding hydrogens is 443 g/mol. The molecule has 1 aromatic heterocycles. The lowest BCUT2D eigenvalue weighted by atomic mass is 10.1. The van der Waals surface area contributed by atoms with Crippen LogP contribution in [0.4, 0.5) is 15.8 Å². The molecular formula is C24H21FN4O3S. The van der Waals surface area contributed by atoms with Gasteiger partial charge in [0.1, 0.15) is 11.6 Å². The number of amides is 1. The standard InChI is InChI=1S/C24H21FN4O3S/c25-20-8-2-1-5-16(20)14-23-27-21-10-9-18(15-22(21)28-23)26-24(30)17-6-3-7-19(13-17)29-11-4-12-33(29,31)32/h1-3,5-10,13,15H,4,11-12,14H2,(H,26,30)(H,27,28). The molecule has 168 valence electrons. The maximum atomic E-state index is 13.9. The molecule has 0 saturated carbocycles. The molecule has 3 aromatic carbocycles. The molecule has 1 saturated heterocycles. The maximum Gasteiger partial charge on any atom is 0.255 e. The fourth-order valence-corrected chi connectivity index (χ4v) is 5.54. The highest BCUT2D eigenvalue weighted by molar-refractivity contribution is 7.93. The quantitative estimate of drug-likeness (QED) is 0.465. The maximum absolute atomic E-state index is 13.9. The lowest BCUT2D eigenvalue weighted by Gasteiger charge is -2.17. The molecule has 33 heavy (non-hydrogen) atoms. The van der Waals surface area contributed by atoms with Crippen molar-refractivity contribution in [1.29, 1.82) is 0 Å². The van der Waals surface area contributed by atoms with Gasteiger partial charge in [0.15, 0.2) is 0 Å². The van der Waals surface area contributed by atoms with E-state index in [1.165, 1.54) is 10.4 Å². The summed E-state index contributed by atoms with van der Waals surface area (Å²) in [5.41, 5.74) is 3.39. The molecule has 5 rings (SSSR count). The number of fused-ring (bicyclic) bond motifs is 1. The van der Waals surface area contributed by atoms with Crippen LogP contribution in [0.15, 0.2) is 66.7 Å². The monoisotopic (exact) mass is 464 g/mol. The van der Waals surface area contributed by atoms with Gasteiger partial charge in [-0.15, -0.1) is 0 Å². The summed E-state index contributed by atoms with van der Waals surface area (Å²) >= 11 is 0. The van der Waals surface area contributed by atoms with Gasteiger partial charge in [-0.25, -0.2) is 17.8 Å². The molecule has 2 N–H and O–H groups in total. The predicted molar refractivity (Wildman–Crippen MR) is 125 cm³/mol. The summed E-state index contributed by atoms with van der Waals surface area (Å²) in [6.07, 6.45) is 0.900. The van der Waals surface area contributed by atoms with Gasteiger partial charge in [0.25, 0.3) is 5.91 Å². The van der Waals surface area contributed by atoms with Gasteiger partial charge in [-0.2, -0.15) is 0 Å². The van der Waals surface area contributed by atoms with E-state index < -0.39 is 10.0 Å². The van der Waals surface area contributed by atoms with Crippen molar-refractivity contribution in [1.82, 2.24) is 9.97 Å². The number of carbonyl (C=O) groups excluding carboxylic acids is 1. The minimum absolute atomic E-state index is 0.118. The summed E-state index contributed by atoms with van der Waals surface area (Å²) in [4.78, 5) is 20.5. The Morgan fingerprint density at radius 1 is 1.09 bits per heavy atom. The van der Waals surface area contributed by atoms with Crippen LogP contribution >= 0.6 is 0 Å². The number of aromatic nitrogens is 2. The van der Waals surface area contributed by atoms with Gasteiger partial charge >= 0.3 is 0 Å². The highest BCUT2D eigenvalue weighted by Gasteiger charge is 2.28. The van der Waals surface area contributed by atoms with Crippen molar-refractivity contribution in [3.63, 3.8) is 0 Å². The number of nitrogens with zero attached hydrogens (tertiary/aromatic N) is 2. The molecule has 0 radical (unpaired) electrons. The van der Waals surface area contributed by atoms with Crippen LogP contribution in [0.3, 0.4) is 0 Å². The van der Waals surface area contributed by atoms with Crippen molar-refractivity contribution in [3.8, 4) is 0 Å². The third-order valence-corrected chi connectivity index (χ3v) is 7.47. The first-order chi connectivity index (χ1) is 15.9. The normalized spacial score (nSPS) is 15.1. The Balaban J connectivity index is 1.34. The summed E-state index contributed by atoms with van der Waals surface area (Å²) in [5.74, 6) is 0.110. The number of anilines is 2. The van der Waals surface area contributed by atoms with Crippen LogP contribution in [0.25, 0.3) is 11.0 Å². The zero-order valence-corrected chi connectivity index (χ0v) is 18.4. The Morgan fingerprint density at radius 3 is 2.73 bits per heavy atom. The summed E-state index contributed by atoms with van der Waals surface area (Å²) < 4.78 is 39.7. The Hall–Kier alpha value is -3.72. The molecule has 9 heteroatoms. The van der Waals surface area contributed by atoms with Crippen LogP contribution in [-0.2, 0) is 16.4 Å². The SMILES string of the molecule is O=C(Nc1ccc2nc(Cc3ccccc3F)[nH]c2c1)c1cccc(N2CCCS2(=O)=O)c1. The number of benzene rings is 3. The highest BCUT2D eigenvalue weighted by atomic mass is 32.2. The fourth-order valence-electron chi connectivity index (χ4n) is 3.98. The lowest BCUT2D eigenvalue weighted by molar-refractivity contribution is 0.102. The molecule has 7 nitrogen and oxygen atoms in total. The van der Waals surface area contributed by atoms with Crippen molar-refractivity contribution in [2.75, 3.05) is 21.9 Å². The van der Waals surface area contributed by atoms with Gasteiger partial charge in [-0.05, 0) is 54.4 Å². The largest absolute Gasteiger partial charge is 0.342 e. The smallest absolute Gasteiger partial charge is 0.255 e.